The summed E-state index contributed by atoms with van der Waals surface area (Å²) in [6.07, 6.45) is 0. The Morgan fingerprint density at radius 1 is 1.00 bits per heavy atom. The van der Waals surface area contributed by atoms with Crippen LogP contribution in [0.15, 0.2) is 36.4 Å². The minimum Gasteiger partial charge on any atom is -0.493 e. The van der Waals surface area contributed by atoms with E-state index in [9.17, 15) is 4.79 Å². The fraction of sp³-hybridized carbons (Fsp3) is 0.188. The summed E-state index contributed by atoms with van der Waals surface area (Å²) in [5.74, 6) is 1.51. The highest BCUT2D eigenvalue weighted by atomic mass is 35.5. The molecule has 24 heavy (non-hydrogen) atoms. The molecule has 0 spiro atoms. The lowest BCUT2D eigenvalue weighted by Crippen LogP contribution is -2.32. The van der Waals surface area contributed by atoms with Crippen LogP contribution in [0.25, 0.3) is 0 Å². The van der Waals surface area contributed by atoms with E-state index in [0.29, 0.717) is 33.0 Å². The third-order valence-corrected chi connectivity index (χ3v) is 3.53. The van der Waals surface area contributed by atoms with E-state index in [4.69, 9.17) is 37.4 Å². The SMILES string of the molecule is COc1ccc(NC(=O)NCOc2ccc(Cl)cc2Cl)cc1OC. The van der Waals surface area contributed by atoms with Crippen molar-refractivity contribution in [2.75, 3.05) is 26.3 Å². The van der Waals surface area contributed by atoms with Gasteiger partial charge in [-0.15, -0.1) is 0 Å². The van der Waals surface area contributed by atoms with Gasteiger partial charge in [0.2, 0.25) is 0 Å². The van der Waals surface area contributed by atoms with E-state index >= 15 is 0 Å². The molecule has 0 aliphatic carbocycles. The quantitative estimate of drug-likeness (QED) is 0.748. The van der Waals surface area contributed by atoms with E-state index in [1.54, 1.807) is 36.4 Å². The Balaban J connectivity index is 1.87. The Hall–Kier alpha value is -2.31. The maximum atomic E-state index is 11.9. The number of rotatable bonds is 6. The Morgan fingerprint density at radius 2 is 1.71 bits per heavy atom. The largest absolute Gasteiger partial charge is 0.493 e. The molecule has 0 fully saturated rings. The molecule has 0 aromatic heterocycles. The minimum absolute atomic E-state index is 0.0551. The number of amides is 2. The fourth-order valence-electron chi connectivity index (χ4n) is 1.86. The number of hydrogen-bond donors (Lipinski definition) is 2. The predicted octanol–water partition coefficient (Wildman–Crippen LogP) is 4.17. The summed E-state index contributed by atoms with van der Waals surface area (Å²) >= 11 is 11.8. The van der Waals surface area contributed by atoms with E-state index in [-0.39, 0.29) is 6.73 Å². The molecule has 6 nitrogen and oxygen atoms in total. The average molecular weight is 371 g/mol. The zero-order chi connectivity index (χ0) is 17.5. The molecule has 0 saturated heterocycles. The molecule has 0 heterocycles. The highest BCUT2D eigenvalue weighted by Crippen LogP contribution is 2.30. The lowest BCUT2D eigenvalue weighted by atomic mass is 10.3. The molecule has 2 amide bonds. The molecule has 0 aliphatic heterocycles. The number of methoxy groups -OCH3 is 2. The molecule has 0 unspecified atom stereocenters. The highest BCUT2D eigenvalue weighted by molar-refractivity contribution is 6.35. The molecule has 0 aliphatic rings. The molecule has 0 radical (unpaired) electrons. The van der Waals surface area contributed by atoms with Crippen LogP contribution in [-0.2, 0) is 0 Å². The van der Waals surface area contributed by atoms with Crippen molar-refractivity contribution in [3.63, 3.8) is 0 Å². The fourth-order valence-corrected chi connectivity index (χ4v) is 2.32. The second-order valence-corrected chi connectivity index (χ2v) is 5.41. The number of anilines is 1. The molecule has 8 heteroatoms. The van der Waals surface area contributed by atoms with Crippen LogP contribution in [0.3, 0.4) is 0 Å². The Kier molecular flexibility index (Phi) is 6.40. The molecular formula is C16H16Cl2N2O4. The summed E-state index contributed by atoms with van der Waals surface area (Å²) in [7, 11) is 3.06. The molecule has 2 aromatic rings. The highest BCUT2D eigenvalue weighted by Gasteiger charge is 2.08. The third kappa shape index (κ3) is 4.84. The van der Waals surface area contributed by atoms with Crippen LogP contribution in [-0.4, -0.2) is 27.0 Å². The first-order chi connectivity index (χ1) is 11.5. The van der Waals surface area contributed by atoms with Gasteiger partial charge in [-0.2, -0.15) is 0 Å². The van der Waals surface area contributed by atoms with Crippen molar-refractivity contribution in [1.82, 2.24) is 5.32 Å². The van der Waals surface area contributed by atoms with Crippen molar-refractivity contribution in [1.29, 1.82) is 0 Å². The van der Waals surface area contributed by atoms with Crippen LogP contribution in [0.5, 0.6) is 17.2 Å². The van der Waals surface area contributed by atoms with Crippen LogP contribution in [0.1, 0.15) is 0 Å². The van der Waals surface area contributed by atoms with Crippen LogP contribution in [0.4, 0.5) is 10.5 Å². The summed E-state index contributed by atoms with van der Waals surface area (Å²) in [5, 5.41) is 6.08. The summed E-state index contributed by atoms with van der Waals surface area (Å²) in [6, 6.07) is 9.42. The monoisotopic (exact) mass is 370 g/mol. The Morgan fingerprint density at radius 3 is 2.38 bits per heavy atom. The van der Waals surface area contributed by atoms with E-state index in [1.165, 1.54) is 14.2 Å². The Labute approximate surface area is 149 Å². The van der Waals surface area contributed by atoms with E-state index in [2.05, 4.69) is 10.6 Å². The molecule has 0 saturated carbocycles. The molecule has 0 atom stereocenters. The zero-order valence-corrected chi connectivity index (χ0v) is 14.6. The molecule has 2 N–H and O–H groups in total. The van der Waals surface area contributed by atoms with Gasteiger partial charge >= 0.3 is 6.03 Å². The topological polar surface area (TPSA) is 68.8 Å². The number of ether oxygens (including phenoxy) is 3. The van der Waals surface area contributed by atoms with Crippen LogP contribution >= 0.6 is 23.2 Å². The van der Waals surface area contributed by atoms with Gasteiger partial charge in [0.1, 0.15) is 5.75 Å². The van der Waals surface area contributed by atoms with E-state index in [1.807, 2.05) is 0 Å². The summed E-state index contributed by atoms with van der Waals surface area (Å²) in [6.45, 7) is -0.0551. The van der Waals surface area contributed by atoms with Gasteiger partial charge < -0.3 is 24.8 Å². The van der Waals surface area contributed by atoms with E-state index in [0.717, 1.165) is 0 Å². The van der Waals surface area contributed by atoms with Crippen molar-refractivity contribution in [3.05, 3.63) is 46.4 Å². The van der Waals surface area contributed by atoms with Crippen molar-refractivity contribution < 1.29 is 19.0 Å². The summed E-state index contributed by atoms with van der Waals surface area (Å²) in [4.78, 5) is 11.9. The lowest BCUT2D eigenvalue weighted by molar-refractivity contribution is 0.234. The van der Waals surface area contributed by atoms with Gasteiger partial charge in [-0.3, -0.25) is 0 Å². The van der Waals surface area contributed by atoms with Gasteiger partial charge in [-0.25, -0.2) is 4.79 Å². The second-order valence-electron chi connectivity index (χ2n) is 4.56. The van der Waals surface area contributed by atoms with Gasteiger partial charge in [0.25, 0.3) is 0 Å². The van der Waals surface area contributed by atoms with Gasteiger partial charge in [-0.1, -0.05) is 23.2 Å². The maximum Gasteiger partial charge on any atom is 0.321 e. The average Bonchev–Trinajstić information content (AvgIpc) is 2.56. The summed E-state index contributed by atoms with van der Waals surface area (Å²) < 4.78 is 15.7. The number of urea groups is 1. The first-order valence-electron chi connectivity index (χ1n) is 6.88. The minimum atomic E-state index is -0.438. The third-order valence-electron chi connectivity index (χ3n) is 3.00. The predicted molar refractivity (Wildman–Crippen MR) is 93.7 cm³/mol. The van der Waals surface area contributed by atoms with Crippen LogP contribution in [0.2, 0.25) is 10.0 Å². The number of halogens is 2. The van der Waals surface area contributed by atoms with Crippen LogP contribution < -0.4 is 24.8 Å². The Bertz CT molecular complexity index is 725. The normalized spacial score (nSPS) is 10.0. The molecule has 128 valence electrons. The number of benzene rings is 2. The lowest BCUT2D eigenvalue weighted by Gasteiger charge is -2.12. The van der Waals surface area contributed by atoms with Gasteiger partial charge in [0.05, 0.1) is 19.2 Å². The number of hydrogen-bond acceptors (Lipinski definition) is 4. The number of carbonyl (C=O) groups is 1. The van der Waals surface area contributed by atoms with Gasteiger partial charge in [0.15, 0.2) is 18.2 Å². The summed E-state index contributed by atoms with van der Waals surface area (Å²) in [5.41, 5.74) is 0.551. The van der Waals surface area contributed by atoms with Gasteiger partial charge in [0, 0.05) is 16.8 Å². The first kappa shape index (κ1) is 18.0. The van der Waals surface area contributed by atoms with Crippen molar-refractivity contribution in [2.45, 2.75) is 0 Å². The molecular weight excluding hydrogens is 355 g/mol. The number of carbonyl (C=O) groups excluding carboxylic acids is 1. The number of nitrogens with one attached hydrogen (secondary N) is 2. The van der Waals surface area contributed by atoms with Crippen LogP contribution in [0, 0.1) is 0 Å². The van der Waals surface area contributed by atoms with Gasteiger partial charge in [-0.05, 0) is 30.3 Å². The van der Waals surface area contributed by atoms with Crippen molar-refractivity contribution in [2.24, 2.45) is 0 Å². The molecule has 2 aromatic carbocycles. The van der Waals surface area contributed by atoms with Crippen molar-refractivity contribution >= 4 is 34.9 Å². The molecule has 0 bridgehead atoms. The second kappa shape index (κ2) is 8.52. The first-order valence-corrected chi connectivity index (χ1v) is 7.64. The zero-order valence-electron chi connectivity index (χ0n) is 13.1. The smallest absolute Gasteiger partial charge is 0.321 e. The van der Waals surface area contributed by atoms with E-state index < -0.39 is 6.03 Å². The van der Waals surface area contributed by atoms with Crippen molar-refractivity contribution in [3.8, 4) is 17.2 Å². The molecule has 2 rings (SSSR count). The standard InChI is InChI=1S/C16H16Cl2N2O4/c1-22-14-6-4-11(8-15(14)23-2)20-16(21)19-9-24-13-5-3-10(17)7-12(13)18/h3-8H,9H2,1-2H3,(H2,19,20,21). The maximum absolute atomic E-state index is 11.9.